The number of carbonyl (C=O) groups is 3. The number of nitrogens with zero attached hydrogens (tertiary/aromatic N) is 2. The minimum absolute atomic E-state index is 0.116. The van der Waals surface area contributed by atoms with Crippen LogP contribution in [0.1, 0.15) is 36.7 Å². The number of anilines is 2. The third-order valence-corrected chi connectivity index (χ3v) is 4.80. The number of Topliss-reactive ketones (excluding diaryl/α,β-unsaturated/α-hetero) is 1. The van der Waals surface area contributed by atoms with Gasteiger partial charge in [-0.15, -0.1) is 0 Å². The third kappa shape index (κ3) is 3.76. The van der Waals surface area contributed by atoms with Crippen LogP contribution in [0.5, 0.6) is 5.75 Å². The van der Waals surface area contributed by atoms with Gasteiger partial charge in [-0.2, -0.15) is 0 Å². The number of rotatable bonds is 5. The Balaban J connectivity index is 1.94. The minimum Gasteiger partial charge on any atom is -0.479 e. The Morgan fingerprint density at radius 2 is 1.93 bits per heavy atom. The second-order valence-electron chi connectivity index (χ2n) is 6.90. The molecule has 0 saturated carbocycles. The molecular formula is C22H24N2O4. The average Bonchev–Trinajstić information content (AvgIpc) is 2.65. The van der Waals surface area contributed by atoms with E-state index in [-0.39, 0.29) is 24.1 Å². The first kappa shape index (κ1) is 19.6. The van der Waals surface area contributed by atoms with Crippen molar-refractivity contribution in [2.45, 2.75) is 33.8 Å². The highest BCUT2D eigenvalue weighted by molar-refractivity contribution is 6.07. The molecule has 2 aromatic rings. The molecule has 0 aromatic heterocycles. The number of ketones is 1. The van der Waals surface area contributed by atoms with Gasteiger partial charge >= 0.3 is 0 Å². The SMILES string of the molecule is CCN(C(=O)CN1C(=O)C(C)Oc2ccc(C(C)=O)cc21)c1cccc(C)c1. The molecule has 6 heteroatoms. The molecule has 0 radical (unpaired) electrons. The number of hydrogen-bond donors (Lipinski definition) is 0. The zero-order valence-corrected chi connectivity index (χ0v) is 16.6. The highest BCUT2D eigenvalue weighted by Gasteiger charge is 2.34. The van der Waals surface area contributed by atoms with Crippen molar-refractivity contribution >= 4 is 29.0 Å². The van der Waals surface area contributed by atoms with Gasteiger partial charge in [-0.3, -0.25) is 19.3 Å². The molecule has 0 N–H and O–H groups in total. The number of amides is 2. The highest BCUT2D eigenvalue weighted by atomic mass is 16.5. The fourth-order valence-corrected chi connectivity index (χ4v) is 3.31. The molecule has 0 spiro atoms. The molecule has 2 amide bonds. The number of hydrogen-bond acceptors (Lipinski definition) is 4. The lowest BCUT2D eigenvalue weighted by Gasteiger charge is -2.34. The summed E-state index contributed by atoms with van der Waals surface area (Å²) in [5.74, 6) is -0.129. The molecule has 0 aliphatic carbocycles. The molecule has 1 atom stereocenters. The summed E-state index contributed by atoms with van der Waals surface area (Å²) in [6, 6.07) is 12.6. The molecule has 146 valence electrons. The van der Waals surface area contributed by atoms with Gasteiger partial charge in [0.25, 0.3) is 5.91 Å². The molecule has 1 unspecified atom stereocenters. The van der Waals surface area contributed by atoms with E-state index in [1.54, 1.807) is 30.0 Å². The van der Waals surface area contributed by atoms with Crippen LogP contribution in [0, 0.1) is 6.92 Å². The van der Waals surface area contributed by atoms with E-state index in [4.69, 9.17) is 4.74 Å². The first-order valence-corrected chi connectivity index (χ1v) is 9.32. The molecule has 1 heterocycles. The Labute approximate surface area is 164 Å². The highest BCUT2D eigenvalue weighted by Crippen LogP contribution is 2.35. The van der Waals surface area contributed by atoms with Gasteiger partial charge in [0.1, 0.15) is 12.3 Å². The second-order valence-corrected chi connectivity index (χ2v) is 6.90. The van der Waals surface area contributed by atoms with Gasteiger partial charge in [-0.1, -0.05) is 12.1 Å². The van der Waals surface area contributed by atoms with Crippen LogP contribution in [0.2, 0.25) is 0 Å². The molecular weight excluding hydrogens is 356 g/mol. The second kappa shape index (κ2) is 7.84. The normalized spacial score (nSPS) is 15.6. The van der Waals surface area contributed by atoms with Crippen LogP contribution in [0.3, 0.4) is 0 Å². The maximum absolute atomic E-state index is 13.1. The summed E-state index contributed by atoms with van der Waals surface area (Å²) in [7, 11) is 0. The van der Waals surface area contributed by atoms with Crippen LogP contribution >= 0.6 is 0 Å². The van der Waals surface area contributed by atoms with Crippen LogP contribution in [0.4, 0.5) is 11.4 Å². The van der Waals surface area contributed by atoms with E-state index in [0.29, 0.717) is 23.5 Å². The molecule has 2 aromatic carbocycles. The number of benzene rings is 2. The summed E-state index contributed by atoms with van der Waals surface area (Å²) in [5.41, 5.74) is 2.76. The fourth-order valence-electron chi connectivity index (χ4n) is 3.31. The summed E-state index contributed by atoms with van der Waals surface area (Å²) in [5, 5.41) is 0. The number of likely N-dealkylation sites (N-methyl/N-ethyl adjacent to an activating group) is 1. The van der Waals surface area contributed by atoms with Crippen molar-refractivity contribution in [2.75, 3.05) is 22.9 Å². The van der Waals surface area contributed by atoms with Gasteiger partial charge in [0.2, 0.25) is 5.91 Å². The van der Waals surface area contributed by atoms with E-state index in [2.05, 4.69) is 0 Å². The Morgan fingerprint density at radius 1 is 1.18 bits per heavy atom. The lowest BCUT2D eigenvalue weighted by molar-refractivity contribution is -0.127. The Kier molecular flexibility index (Phi) is 5.49. The molecule has 3 rings (SSSR count). The monoisotopic (exact) mass is 380 g/mol. The first-order chi connectivity index (χ1) is 13.3. The topological polar surface area (TPSA) is 66.9 Å². The Bertz CT molecular complexity index is 938. The smallest absolute Gasteiger partial charge is 0.268 e. The van der Waals surface area contributed by atoms with Crippen molar-refractivity contribution in [2.24, 2.45) is 0 Å². The Hall–Kier alpha value is -3.15. The van der Waals surface area contributed by atoms with Crippen molar-refractivity contribution in [1.29, 1.82) is 0 Å². The van der Waals surface area contributed by atoms with Gasteiger partial charge < -0.3 is 9.64 Å². The van der Waals surface area contributed by atoms with E-state index in [1.807, 2.05) is 38.1 Å². The first-order valence-electron chi connectivity index (χ1n) is 9.32. The fraction of sp³-hybridized carbons (Fsp3) is 0.318. The number of ether oxygens (including phenoxy) is 1. The quantitative estimate of drug-likeness (QED) is 0.746. The predicted molar refractivity (Wildman–Crippen MR) is 108 cm³/mol. The average molecular weight is 380 g/mol. The van der Waals surface area contributed by atoms with E-state index in [0.717, 1.165) is 11.3 Å². The van der Waals surface area contributed by atoms with Gasteiger partial charge in [0, 0.05) is 17.8 Å². The zero-order chi connectivity index (χ0) is 20.4. The molecule has 6 nitrogen and oxygen atoms in total. The summed E-state index contributed by atoms with van der Waals surface area (Å²) in [4.78, 5) is 40.6. The van der Waals surface area contributed by atoms with Crippen molar-refractivity contribution in [3.05, 3.63) is 53.6 Å². The summed E-state index contributed by atoms with van der Waals surface area (Å²) < 4.78 is 5.65. The zero-order valence-electron chi connectivity index (χ0n) is 16.6. The van der Waals surface area contributed by atoms with Crippen molar-refractivity contribution in [3.63, 3.8) is 0 Å². The summed E-state index contributed by atoms with van der Waals surface area (Å²) in [6.07, 6.45) is -0.697. The van der Waals surface area contributed by atoms with Crippen molar-refractivity contribution in [1.82, 2.24) is 0 Å². The van der Waals surface area contributed by atoms with Gasteiger partial charge in [0.05, 0.1) is 5.69 Å². The van der Waals surface area contributed by atoms with E-state index in [9.17, 15) is 14.4 Å². The van der Waals surface area contributed by atoms with Crippen molar-refractivity contribution in [3.8, 4) is 5.75 Å². The summed E-state index contributed by atoms with van der Waals surface area (Å²) >= 11 is 0. The lowest BCUT2D eigenvalue weighted by Crippen LogP contribution is -2.49. The van der Waals surface area contributed by atoms with E-state index in [1.165, 1.54) is 11.8 Å². The van der Waals surface area contributed by atoms with Crippen LogP contribution < -0.4 is 14.5 Å². The van der Waals surface area contributed by atoms with E-state index < -0.39 is 6.10 Å². The van der Waals surface area contributed by atoms with Crippen LogP contribution in [-0.2, 0) is 9.59 Å². The largest absolute Gasteiger partial charge is 0.479 e. The maximum atomic E-state index is 13.1. The van der Waals surface area contributed by atoms with Crippen molar-refractivity contribution < 1.29 is 19.1 Å². The van der Waals surface area contributed by atoms with Crippen LogP contribution in [-0.4, -0.2) is 36.8 Å². The van der Waals surface area contributed by atoms with Crippen LogP contribution in [0.25, 0.3) is 0 Å². The third-order valence-electron chi connectivity index (χ3n) is 4.80. The lowest BCUT2D eigenvalue weighted by atomic mass is 10.1. The number of carbonyl (C=O) groups excluding carboxylic acids is 3. The maximum Gasteiger partial charge on any atom is 0.268 e. The molecule has 0 fully saturated rings. The predicted octanol–water partition coefficient (Wildman–Crippen LogP) is 3.36. The molecule has 1 aliphatic rings. The Morgan fingerprint density at radius 3 is 2.57 bits per heavy atom. The summed E-state index contributed by atoms with van der Waals surface area (Å²) in [6.45, 7) is 7.33. The molecule has 28 heavy (non-hydrogen) atoms. The minimum atomic E-state index is -0.697. The molecule has 0 bridgehead atoms. The van der Waals surface area contributed by atoms with Gasteiger partial charge in [-0.05, 0) is 63.6 Å². The van der Waals surface area contributed by atoms with E-state index >= 15 is 0 Å². The van der Waals surface area contributed by atoms with Crippen LogP contribution in [0.15, 0.2) is 42.5 Å². The molecule has 0 saturated heterocycles. The van der Waals surface area contributed by atoms with Gasteiger partial charge in [-0.25, -0.2) is 0 Å². The number of fused-ring (bicyclic) bond motifs is 1. The number of aryl methyl sites for hydroxylation is 1. The van der Waals surface area contributed by atoms with Gasteiger partial charge in [0.15, 0.2) is 11.9 Å². The molecule has 1 aliphatic heterocycles. The standard InChI is InChI=1S/C22H24N2O4/c1-5-23(18-8-6-7-14(2)11-18)21(26)13-24-19-12-17(15(3)25)9-10-20(19)28-16(4)22(24)27/h6-12,16H,5,13H2,1-4H3.